The molecule has 1 aromatic rings. The summed E-state index contributed by atoms with van der Waals surface area (Å²) in [6.45, 7) is 5.62. The van der Waals surface area contributed by atoms with Gasteiger partial charge in [-0.2, -0.15) is 0 Å². The summed E-state index contributed by atoms with van der Waals surface area (Å²) in [5.41, 5.74) is -1.27. The van der Waals surface area contributed by atoms with E-state index in [2.05, 4.69) is 0 Å². The second-order valence-corrected chi connectivity index (χ2v) is 13.8. The zero-order valence-electron chi connectivity index (χ0n) is 18.1. The molecule has 6 saturated carbocycles. The van der Waals surface area contributed by atoms with Gasteiger partial charge in [-0.25, -0.2) is 0 Å². The number of alkyl halides is 4. The molecule has 6 fully saturated rings. The molecule has 0 N–H and O–H groups in total. The van der Waals surface area contributed by atoms with Crippen molar-refractivity contribution in [3.63, 3.8) is 0 Å². The van der Waals surface area contributed by atoms with Gasteiger partial charge in [-0.3, -0.25) is 0 Å². The third kappa shape index (κ3) is 2.91. The van der Waals surface area contributed by atoms with Crippen molar-refractivity contribution in [2.75, 3.05) is 0 Å². The van der Waals surface area contributed by atoms with Crippen LogP contribution in [0, 0.1) is 46.0 Å². The Hall–Kier alpha value is -1.39. The topological polar surface area (TPSA) is 52.6 Å². The molecular weight excluding hydrogens is 543 g/mol. The molecule has 1 aromatic carbocycles. The number of benzene rings is 1. The Labute approximate surface area is 191 Å². The summed E-state index contributed by atoms with van der Waals surface area (Å²) in [4.78, 5) is 25.9. The van der Waals surface area contributed by atoms with E-state index in [0.717, 1.165) is 16.7 Å². The first-order valence-electron chi connectivity index (χ1n) is 10.7. The van der Waals surface area contributed by atoms with E-state index < -0.39 is 67.1 Å². The van der Waals surface area contributed by atoms with E-state index in [1.807, 2.05) is 32.9 Å². The molecule has 0 atom stereocenters. The van der Waals surface area contributed by atoms with Gasteiger partial charge in [-0.05, 0) is 0 Å². The Morgan fingerprint density at radius 2 is 1.12 bits per heavy atom. The van der Waals surface area contributed by atoms with Crippen LogP contribution >= 0.6 is 20.6 Å². The Morgan fingerprint density at radius 3 is 1.44 bits per heavy atom. The average molecular weight is 568 g/mol. The summed E-state index contributed by atoms with van der Waals surface area (Å²) < 4.78 is 65.0. The van der Waals surface area contributed by atoms with Crippen molar-refractivity contribution in [3.8, 4) is 0 Å². The van der Waals surface area contributed by atoms with E-state index in [9.17, 15) is 27.2 Å². The van der Waals surface area contributed by atoms with Gasteiger partial charge in [-0.15, -0.1) is 0 Å². The predicted octanol–water partition coefficient (Wildman–Crippen LogP) is 6.08. The quantitative estimate of drug-likeness (QED) is 0.296. The van der Waals surface area contributed by atoms with Crippen molar-refractivity contribution >= 4 is 32.6 Å². The molecule has 32 heavy (non-hydrogen) atoms. The van der Waals surface area contributed by atoms with Crippen LogP contribution in [0.5, 0.6) is 0 Å². The Morgan fingerprint density at radius 1 is 0.781 bits per heavy atom. The molecule has 0 spiro atoms. The van der Waals surface area contributed by atoms with E-state index in [1.165, 1.54) is 0 Å². The van der Waals surface area contributed by atoms with Crippen LogP contribution in [-0.4, -0.2) is 24.8 Å². The van der Waals surface area contributed by atoms with Crippen LogP contribution in [0.2, 0.25) is 0 Å². The van der Waals surface area contributed by atoms with Gasteiger partial charge < -0.3 is 0 Å². The van der Waals surface area contributed by atoms with Gasteiger partial charge in [0.05, 0.1) is 0 Å². The molecule has 176 valence electrons. The Bertz CT molecular complexity index is 909. The molecule has 0 aromatic heterocycles. The number of carbonyl (C=O) groups excluding carboxylic acids is 2. The molecular formula is C23H25F4IO4. The number of aryl methyl sites for hydroxylation is 3. The third-order valence-corrected chi connectivity index (χ3v) is 12.1. The summed E-state index contributed by atoms with van der Waals surface area (Å²) in [6, 6.07) is 3.82. The van der Waals surface area contributed by atoms with Crippen LogP contribution in [0.1, 0.15) is 55.2 Å². The van der Waals surface area contributed by atoms with Gasteiger partial charge in [0.15, 0.2) is 0 Å². The first kappa shape index (κ1) is 22.4. The fourth-order valence-corrected chi connectivity index (χ4v) is 10.3. The maximum absolute atomic E-state index is 13.2. The SMILES string of the molecule is Cc1cc(C)c(I(OC(=O)C23CC(C(F)F)(C2)C3)OC(=O)C23CC(C(F)F)(C2)C3)c(C)c1. The number of halogens is 5. The second kappa shape index (κ2) is 6.82. The minimum absolute atomic E-state index is 0.0984. The van der Waals surface area contributed by atoms with Gasteiger partial charge in [0.2, 0.25) is 0 Å². The summed E-state index contributed by atoms with van der Waals surface area (Å²) in [5.74, 6) is -1.14. The molecule has 6 aliphatic rings. The van der Waals surface area contributed by atoms with E-state index in [-0.39, 0.29) is 38.5 Å². The predicted molar refractivity (Wildman–Crippen MR) is 115 cm³/mol. The van der Waals surface area contributed by atoms with E-state index in [4.69, 9.17) is 6.13 Å². The summed E-state index contributed by atoms with van der Waals surface area (Å²) in [6.07, 6.45) is -4.33. The van der Waals surface area contributed by atoms with Gasteiger partial charge in [0.25, 0.3) is 0 Å². The van der Waals surface area contributed by atoms with Crippen LogP contribution in [0.4, 0.5) is 17.6 Å². The van der Waals surface area contributed by atoms with Gasteiger partial charge in [-0.1, -0.05) is 0 Å². The van der Waals surface area contributed by atoms with Crippen molar-refractivity contribution in [2.24, 2.45) is 21.7 Å². The maximum atomic E-state index is 13.2. The second-order valence-electron chi connectivity index (χ2n) is 10.6. The standard InChI is InChI=1S/C23H25F4IO4/c1-12-4-13(2)15(14(3)5-12)28(31-18(29)22-6-20(7-22,8-22)16(24)25)32-19(30)23-9-21(10-23,11-23)17(26)27/h4-5,16-17H,6-11H2,1-3H3. The van der Waals surface area contributed by atoms with Crippen molar-refractivity contribution in [3.05, 3.63) is 32.4 Å². The first-order chi connectivity index (χ1) is 14.9. The van der Waals surface area contributed by atoms with Crippen LogP contribution in [-0.2, 0) is 15.7 Å². The van der Waals surface area contributed by atoms with Gasteiger partial charge >= 0.3 is 192 Å². The van der Waals surface area contributed by atoms with E-state index in [0.29, 0.717) is 3.57 Å². The monoisotopic (exact) mass is 568 g/mol. The fraction of sp³-hybridized carbons (Fsp3) is 0.652. The molecule has 4 bridgehead atoms. The van der Waals surface area contributed by atoms with Crippen LogP contribution < -0.4 is 0 Å². The molecule has 7 rings (SSSR count). The van der Waals surface area contributed by atoms with Crippen molar-refractivity contribution < 1.29 is 33.3 Å². The van der Waals surface area contributed by atoms with Crippen LogP contribution in [0.3, 0.4) is 0 Å². The first-order valence-corrected chi connectivity index (χ1v) is 13.5. The summed E-state index contributed by atoms with van der Waals surface area (Å²) in [7, 11) is 0. The van der Waals surface area contributed by atoms with Crippen molar-refractivity contribution in [2.45, 2.75) is 72.1 Å². The van der Waals surface area contributed by atoms with Crippen molar-refractivity contribution in [1.29, 1.82) is 0 Å². The van der Waals surface area contributed by atoms with Crippen LogP contribution in [0.15, 0.2) is 12.1 Å². The number of hydrogen-bond donors (Lipinski definition) is 0. The average Bonchev–Trinajstić information content (AvgIpc) is 2.47. The molecule has 0 saturated heterocycles. The zero-order valence-corrected chi connectivity index (χ0v) is 20.2. The van der Waals surface area contributed by atoms with Gasteiger partial charge in [0, 0.05) is 0 Å². The van der Waals surface area contributed by atoms with Gasteiger partial charge in [0.1, 0.15) is 0 Å². The third-order valence-electron chi connectivity index (χ3n) is 7.95. The molecule has 0 amide bonds. The zero-order chi connectivity index (χ0) is 23.3. The molecule has 6 aliphatic carbocycles. The van der Waals surface area contributed by atoms with Crippen molar-refractivity contribution in [1.82, 2.24) is 0 Å². The van der Waals surface area contributed by atoms with Crippen LogP contribution in [0.25, 0.3) is 0 Å². The molecule has 9 heteroatoms. The molecule has 0 radical (unpaired) electrons. The number of rotatable bonds is 7. The summed E-state index contributed by atoms with van der Waals surface area (Å²) in [5, 5.41) is 0. The van der Waals surface area contributed by atoms with E-state index >= 15 is 0 Å². The number of carbonyl (C=O) groups is 2. The minimum atomic E-state index is -3.31. The Balaban J connectivity index is 1.35. The number of hydrogen-bond acceptors (Lipinski definition) is 4. The Kier molecular flexibility index (Phi) is 4.78. The van der Waals surface area contributed by atoms with E-state index in [1.54, 1.807) is 0 Å². The molecule has 0 heterocycles. The summed E-state index contributed by atoms with van der Waals surface area (Å²) >= 11 is -3.31. The molecule has 0 unspecified atom stereocenters. The molecule has 4 nitrogen and oxygen atoms in total. The molecule has 0 aliphatic heterocycles. The normalized spacial score (nSPS) is 36.5. The fourth-order valence-electron chi connectivity index (χ4n) is 6.42.